The molecule has 1 aromatic rings. The van der Waals surface area contributed by atoms with E-state index in [0.717, 1.165) is 0 Å². The van der Waals surface area contributed by atoms with Crippen molar-refractivity contribution in [2.24, 2.45) is 0 Å². The van der Waals surface area contributed by atoms with Crippen LogP contribution in [-0.4, -0.2) is 24.8 Å². The fraction of sp³-hybridized carbons (Fsp3) is 0.200. The average molecular weight is 192 g/mol. The number of aromatic nitrogens is 1. The summed E-state index contributed by atoms with van der Waals surface area (Å²) in [5.74, 6) is -0.297. The molecule has 0 bridgehead atoms. The van der Waals surface area contributed by atoms with E-state index in [4.69, 9.17) is 0 Å². The Morgan fingerprint density at radius 3 is 2.79 bits per heavy atom. The lowest BCUT2D eigenvalue weighted by Gasteiger charge is -2.03. The van der Waals surface area contributed by atoms with E-state index in [1.807, 2.05) is 0 Å². The van der Waals surface area contributed by atoms with Crippen molar-refractivity contribution in [3.05, 3.63) is 47.6 Å². The van der Waals surface area contributed by atoms with Gasteiger partial charge in [0.1, 0.15) is 0 Å². The molecule has 0 aliphatic rings. The molecule has 0 N–H and O–H groups in total. The monoisotopic (exact) mass is 192 g/mol. The van der Waals surface area contributed by atoms with Gasteiger partial charge in [-0.05, 0) is 6.07 Å². The van der Waals surface area contributed by atoms with E-state index in [1.54, 1.807) is 37.3 Å². The van der Waals surface area contributed by atoms with E-state index < -0.39 is 0 Å². The van der Waals surface area contributed by atoms with Crippen molar-refractivity contribution in [1.29, 1.82) is 0 Å². The minimum atomic E-state index is -0.297. The highest BCUT2D eigenvalue weighted by Gasteiger charge is 2.10. The smallest absolute Gasteiger partial charge is 0.264 e. The number of nitrogens with zero attached hydrogens (tertiary/aromatic N) is 2. The molecule has 0 aromatic carbocycles. The van der Waals surface area contributed by atoms with Crippen LogP contribution in [0.25, 0.3) is 0 Å². The fourth-order valence-electron chi connectivity index (χ4n) is 0.921. The number of ketones is 1. The quantitative estimate of drug-likeness (QED) is 0.304. The Morgan fingerprint density at radius 2 is 2.21 bits per heavy atom. The van der Waals surface area contributed by atoms with E-state index in [1.165, 1.54) is 18.3 Å². The Morgan fingerprint density at radius 1 is 1.50 bits per heavy atom. The summed E-state index contributed by atoms with van der Waals surface area (Å²) in [6, 6.07) is 4.74. The standard InChI is InChI=1S/C10H12N2O2/c1-11(2)8-6-10(13)9-5-3-4-7-12(9)14/h3-8H,1-2H3/b8-6+. The van der Waals surface area contributed by atoms with Crippen LogP contribution in [0.3, 0.4) is 0 Å². The highest BCUT2D eigenvalue weighted by Crippen LogP contribution is 1.94. The Kier molecular flexibility index (Phi) is 3.23. The van der Waals surface area contributed by atoms with Gasteiger partial charge < -0.3 is 10.1 Å². The molecule has 1 heterocycles. The van der Waals surface area contributed by atoms with Crippen molar-refractivity contribution < 1.29 is 9.52 Å². The lowest BCUT2D eigenvalue weighted by Crippen LogP contribution is -2.33. The molecule has 0 saturated heterocycles. The largest absolute Gasteiger partial charge is 0.618 e. The maximum Gasteiger partial charge on any atom is 0.264 e. The second-order valence-corrected chi connectivity index (χ2v) is 3.06. The Balaban J connectivity index is 2.85. The van der Waals surface area contributed by atoms with E-state index in [2.05, 4.69) is 0 Å². The predicted octanol–water partition coefficient (Wildman–Crippen LogP) is 0.578. The summed E-state index contributed by atoms with van der Waals surface area (Å²) >= 11 is 0. The Bertz CT molecular complexity index is 359. The molecule has 0 aliphatic carbocycles. The first-order valence-electron chi connectivity index (χ1n) is 4.18. The summed E-state index contributed by atoms with van der Waals surface area (Å²) in [5.41, 5.74) is 0.130. The van der Waals surface area contributed by atoms with Gasteiger partial charge in [0.2, 0.25) is 0 Å². The number of hydrogen-bond donors (Lipinski definition) is 0. The first-order chi connectivity index (χ1) is 6.61. The third-order valence-electron chi connectivity index (χ3n) is 1.60. The molecule has 0 aliphatic heterocycles. The minimum absolute atomic E-state index is 0.130. The summed E-state index contributed by atoms with van der Waals surface area (Å²) in [5, 5.41) is 11.2. The van der Waals surface area contributed by atoms with Gasteiger partial charge in [-0.2, -0.15) is 4.73 Å². The summed E-state index contributed by atoms with van der Waals surface area (Å²) < 4.78 is 0.558. The molecule has 4 nitrogen and oxygen atoms in total. The molecule has 0 saturated carbocycles. The molecular weight excluding hydrogens is 180 g/mol. The molecular formula is C10H12N2O2. The van der Waals surface area contributed by atoms with Gasteiger partial charge in [-0.3, -0.25) is 4.79 Å². The van der Waals surface area contributed by atoms with E-state index in [0.29, 0.717) is 4.73 Å². The topological polar surface area (TPSA) is 47.2 Å². The number of carbonyl (C=O) groups is 1. The normalized spacial score (nSPS) is 10.4. The van der Waals surface area contributed by atoms with E-state index in [9.17, 15) is 10.0 Å². The molecule has 1 rings (SSSR count). The average Bonchev–Trinajstić information content (AvgIpc) is 2.15. The molecule has 0 fully saturated rings. The van der Waals surface area contributed by atoms with Crippen molar-refractivity contribution in [2.45, 2.75) is 0 Å². The van der Waals surface area contributed by atoms with Crippen LogP contribution in [-0.2, 0) is 0 Å². The van der Waals surface area contributed by atoms with Gasteiger partial charge in [-0.15, -0.1) is 0 Å². The SMILES string of the molecule is CN(C)/C=C/C(=O)c1cccc[n+]1[O-]. The van der Waals surface area contributed by atoms with Gasteiger partial charge in [0.15, 0.2) is 6.20 Å². The summed E-state index contributed by atoms with van der Waals surface area (Å²) in [6.45, 7) is 0. The van der Waals surface area contributed by atoms with E-state index >= 15 is 0 Å². The molecule has 0 unspecified atom stereocenters. The van der Waals surface area contributed by atoms with Crippen LogP contribution in [0.1, 0.15) is 10.5 Å². The van der Waals surface area contributed by atoms with Gasteiger partial charge in [0.25, 0.3) is 11.5 Å². The van der Waals surface area contributed by atoms with Crippen LogP contribution < -0.4 is 4.73 Å². The molecule has 1 aromatic heterocycles. The van der Waals surface area contributed by atoms with Crippen LogP contribution >= 0.6 is 0 Å². The molecule has 0 atom stereocenters. The summed E-state index contributed by atoms with van der Waals surface area (Å²) in [6.07, 6.45) is 4.27. The van der Waals surface area contributed by atoms with Crippen molar-refractivity contribution in [2.75, 3.05) is 14.1 Å². The number of hydrogen-bond acceptors (Lipinski definition) is 3. The number of rotatable bonds is 3. The zero-order valence-corrected chi connectivity index (χ0v) is 8.18. The number of pyridine rings is 1. The van der Waals surface area contributed by atoms with Gasteiger partial charge in [0.05, 0.1) is 0 Å². The Hall–Kier alpha value is -1.84. The van der Waals surface area contributed by atoms with Crippen LogP contribution in [0.15, 0.2) is 36.7 Å². The van der Waals surface area contributed by atoms with Gasteiger partial charge in [-0.25, -0.2) is 0 Å². The van der Waals surface area contributed by atoms with Crippen molar-refractivity contribution in [3.63, 3.8) is 0 Å². The zero-order valence-electron chi connectivity index (χ0n) is 8.18. The summed E-state index contributed by atoms with van der Waals surface area (Å²) in [4.78, 5) is 13.2. The first kappa shape index (κ1) is 10.2. The molecule has 0 radical (unpaired) electrons. The second-order valence-electron chi connectivity index (χ2n) is 3.06. The van der Waals surface area contributed by atoms with Gasteiger partial charge in [0, 0.05) is 38.5 Å². The van der Waals surface area contributed by atoms with Crippen molar-refractivity contribution in [3.8, 4) is 0 Å². The molecule has 74 valence electrons. The minimum Gasteiger partial charge on any atom is -0.618 e. The third kappa shape index (κ3) is 2.58. The maximum absolute atomic E-state index is 11.4. The lowest BCUT2D eigenvalue weighted by atomic mass is 10.2. The zero-order chi connectivity index (χ0) is 10.6. The van der Waals surface area contributed by atoms with E-state index in [-0.39, 0.29) is 11.5 Å². The van der Waals surface area contributed by atoms with Crippen LogP contribution in [0.4, 0.5) is 0 Å². The predicted molar refractivity (Wildman–Crippen MR) is 52.6 cm³/mol. The first-order valence-corrected chi connectivity index (χ1v) is 4.18. The highest BCUT2D eigenvalue weighted by atomic mass is 16.5. The summed E-state index contributed by atoms with van der Waals surface area (Å²) in [7, 11) is 3.61. The number of carbonyl (C=O) groups excluding carboxylic acids is 1. The van der Waals surface area contributed by atoms with Crippen molar-refractivity contribution >= 4 is 5.78 Å². The molecule has 0 spiro atoms. The maximum atomic E-state index is 11.4. The van der Waals surface area contributed by atoms with Crippen LogP contribution in [0, 0.1) is 5.21 Å². The van der Waals surface area contributed by atoms with Gasteiger partial charge in [-0.1, -0.05) is 0 Å². The molecule has 4 heteroatoms. The highest BCUT2D eigenvalue weighted by molar-refractivity contribution is 6.01. The molecule has 14 heavy (non-hydrogen) atoms. The van der Waals surface area contributed by atoms with Crippen LogP contribution in [0.2, 0.25) is 0 Å². The lowest BCUT2D eigenvalue weighted by molar-refractivity contribution is -0.607. The third-order valence-corrected chi connectivity index (χ3v) is 1.60. The van der Waals surface area contributed by atoms with Gasteiger partial charge >= 0.3 is 0 Å². The second kappa shape index (κ2) is 4.41. The fourth-order valence-corrected chi connectivity index (χ4v) is 0.921. The van der Waals surface area contributed by atoms with Crippen molar-refractivity contribution in [1.82, 2.24) is 4.90 Å². The Labute approximate surface area is 82.7 Å². The molecule has 0 amide bonds. The number of allylic oxidation sites excluding steroid dienone is 1. The van der Waals surface area contributed by atoms with Crippen LogP contribution in [0.5, 0.6) is 0 Å².